The lowest BCUT2D eigenvalue weighted by atomic mass is 10.00. The van der Waals surface area contributed by atoms with Gasteiger partial charge in [-0.3, -0.25) is 9.69 Å². The van der Waals surface area contributed by atoms with Gasteiger partial charge in [-0.1, -0.05) is 48.5 Å². The van der Waals surface area contributed by atoms with E-state index in [0.29, 0.717) is 6.54 Å². The molecule has 28 heavy (non-hydrogen) atoms. The van der Waals surface area contributed by atoms with Gasteiger partial charge in [0.05, 0.1) is 12.6 Å². The molecule has 5 nitrogen and oxygen atoms in total. The van der Waals surface area contributed by atoms with E-state index in [2.05, 4.69) is 57.4 Å². The molecule has 1 N–H and O–H groups in total. The molecule has 1 unspecified atom stereocenters. The Hall–Kier alpha value is -2.92. The molecule has 1 aliphatic rings. The van der Waals surface area contributed by atoms with Crippen molar-refractivity contribution in [2.45, 2.75) is 13.0 Å². The van der Waals surface area contributed by atoms with Crippen LogP contribution in [-0.4, -0.2) is 48.5 Å². The first-order valence-electron chi connectivity index (χ1n) is 9.86. The molecular weight excluding hydrogens is 348 g/mol. The summed E-state index contributed by atoms with van der Waals surface area (Å²) in [5.74, 6) is 1.09. The fourth-order valence-electron chi connectivity index (χ4n) is 3.87. The quantitative estimate of drug-likeness (QED) is 0.745. The number of rotatable bonds is 5. The van der Waals surface area contributed by atoms with Gasteiger partial charge in [-0.25, -0.2) is 4.98 Å². The van der Waals surface area contributed by atoms with Crippen molar-refractivity contribution >= 4 is 22.5 Å². The van der Waals surface area contributed by atoms with Crippen LogP contribution in [-0.2, 0) is 4.79 Å². The number of aromatic nitrogens is 1. The fraction of sp³-hybridized carbons (Fsp3) is 0.304. The lowest BCUT2D eigenvalue weighted by Crippen LogP contribution is -2.49. The van der Waals surface area contributed by atoms with Crippen molar-refractivity contribution in [3.05, 3.63) is 72.4 Å². The van der Waals surface area contributed by atoms with Gasteiger partial charge in [0.15, 0.2) is 0 Å². The summed E-state index contributed by atoms with van der Waals surface area (Å²) in [4.78, 5) is 21.5. The third-order valence-corrected chi connectivity index (χ3v) is 5.38. The Balaban J connectivity index is 1.32. The first kappa shape index (κ1) is 18.4. The molecule has 2 aromatic carbocycles. The number of nitrogens with one attached hydrogen (secondary N) is 1. The first-order valence-corrected chi connectivity index (χ1v) is 9.86. The number of hydrogen-bond donors (Lipinski definition) is 1. The van der Waals surface area contributed by atoms with Crippen LogP contribution in [0.15, 0.2) is 66.9 Å². The number of pyridine rings is 1. The van der Waals surface area contributed by atoms with Crippen LogP contribution in [0, 0.1) is 0 Å². The van der Waals surface area contributed by atoms with Crippen molar-refractivity contribution in [3.8, 4) is 0 Å². The molecule has 4 rings (SSSR count). The molecule has 144 valence electrons. The lowest BCUT2D eigenvalue weighted by Gasteiger charge is -2.35. The monoisotopic (exact) mass is 374 g/mol. The number of amides is 1. The zero-order valence-corrected chi connectivity index (χ0v) is 16.2. The molecule has 2 heterocycles. The van der Waals surface area contributed by atoms with Crippen molar-refractivity contribution in [2.24, 2.45) is 0 Å². The molecule has 1 fully saturated rings. The molecule has 1 aromatic heterocycles. The van der Waals surface area contributed by atoms with Crippen molar-refractivity contribution in [1.82, 2.24) is 15.2 Å². The molecule has 0 bridgehead atoms. The van der Waals surface area contributed by atoms with Gasteiger partial charge in [0.2, 0.25) is 5.91 Å². The predicted molar refractivity (Wildman–Crippen MR) is 113 cm³/mol. The minimum atomic E-state index is -0.0200. The van der Waals surface area contributed by atoms with Gasteiger partial charge < -0.3 is 10.2 Å². The zero-order valence-electron chi connectivity index (χ0n) is 16.2. The average Bonchev–Trinajstić information content (AvgIpc) is 2.74. The number of nitrogens with zero attached hydrogens (tertiary/aromatic N) is 3. The van der Waals surface area contributed by atoms with E-state index in [1.54, 1.807) is 0 Å². The Kier molecular flexibility index (Phi) is 5.53. The molecule has 0 saturated carbocycles. The maximum Gasteiger partial charge on any atom is 0.234 e. The Morgan fingerprint density at radius 2 is 1.75 bits per heavy atom. The van der Waals surface area contributed by atoms with Gasteiger partial charge in [0.1, 0.15) is 5.82 Å². The van der Waals surface area contributed by atoms with Crippen LogP contribution in [0.1, 0.15) is 18.5 Å². The third-order valence-electron chi connectivity index (χ3n) is 5.38. The molecule has 0 aliphatic carbocycles. The largest absolute Gasteiger partial charge is 0.354 e. The molecular formula is C23H26N4O. The summed E-state index contributed by atoms with van der Waals surface area (Å²) < 4.78 is 0. The molecule has 0 spiro atoms. The summed E-state index contributed by atoms with van der Waals surface area (Å²) in [6.45, 7) is 6.01. The second-order valence-electron chi connectivity index (χ2n) is 7.31. The third kappa shape index (κ3) is 4.15. The lowest BCUT2D eigenvalue weighted by molar-refractivity contribution is -0.123. The van der Waals surface area contributed by atoms with Crippen LogP contribution in [0.25, 0.3) is 10.8 Å². The molecule has 3 aromatic rings. The van der Waals surface area contributed by atoms with Crippen LogP contribution in [0.4, 0.5) is 5.82 Å². The first-order chi connectivity index (χ1) is 13.7. The fourth-order valence-corrected chi connectivity index (χ4v) is 3.87. The number of fused-ring (bicyclic) bond motifs is 1. The van der Waals surface area contributed by atoms with Gasteiger partial charge in [0.25, 0.3) is 0 Å². The van der Waals surface area contributed by atoms with Crippen LogP contribution in [0.2, 0.25) is 0 Å². The van der Waals surface area contributed by atoms with Crippen LogP contribution in [0.5, 0.6) is 0 Å². The standard InChI is InChI=1S/C23H26N4O/c1-18(20-10-6-8-19-7-2-3-9-21(19)20)25-23(28)17-26-13-15-27(16-14-26)22-11-4-5-12-24-22/h2-12,18H,13-17H2,1H3,(H,25,28). The number of carbonyl (C=O) groups excluding carboxylic acids is 1. The summed E-state index contributed by atoms with van der Waals surface area (Å²) in [6.07, 6.45) is 1.82. The van der Waals surface area contributed by atoms with Crippen LogP contribution in [0.3, 0.4) is 0 Å². The second-order valence-corrected chi connectivity index (χ2v) is 7.31. The van der Waals surface area contributed by atoms with E-state index < -0.39 is 0 Å². The number of piperazine rings is 1. The maximum absolute atomic E-state index is 12.6. The Labute approximate surface area is 166 Å². The van der Waals surface area contributed by atoms with Crippen LogP contribution < -0.4 is 10.2 Å². The Bertz CT molecular complexity index is 930. The van der Waals surface area contributed by atoms with Crippen molar-refractivity contribution in [2.75, 3.05) is 37.6 Å². The van der Waals surface area contributed by atoms with Gasteiger partial charge in [-0.15, -0.1) is 0 Å². The summed E-state index contributed by atoms with van der Waals surface area (Å²) in [5, 5.41) is 5.57. The van der Waals surface area contributed by atoms with Gasteiger partial charge >= 0.3 is 0 Å². The highest BCUT2D eigenvalue weighted by molar-refractivity contribution is 5.87. The van der Waals surface area contributed by atoms with E-state index in [1.165, 1.54) is 10.8 Å². The number of benzene rings is 2. The second kappa shape index (κ2) is 8.40. The van der Waals surface area contributed by atoms with E-state index in [4.69, 9.17) is 0 Å². The Morgan fingerprint density at radius 1 is 1.00 bits per heavy atom. The van der Waals surface area contributed by atoms with Gasteiger partial charge in [-0.2, -0.15) is 0 Å². The number of carbonyl (C=O) groups is 1. The van der Waals surface area contributed by atoms with E-state index in [9.17, 15) is 4.79 Å². The van der Waals surface area contributed by atoms with E-state index in [1.807, 2.05) is 36.5 Å². The van der Waals surface area contributed by atoms with Crippen LogP contribution >= 0.6 is 0 Å². The molecule has 5 heteroatoms. The minimum absolute atomic E-state index is 0.0200. The average molecular weight is 374 g/mol. The summed E-state index contributed by atoms with van der Waals surface area (Å²) in [6, 6.07) is 20.5. The summed E-state index contributed by atoms with van der Waals surface area (Å²) in [7, 11) is 0. The highest BCUT2D eigenvalue weighted by Gasteiger charge is 2.20. The molecule has 1 aliphatic heterocycles. The highest BCUT2D eigenvalue weighted by Crippen LogP contribution is 2.24. The van der Waals surface area contributed by atoms with E-state index in [0.717, 1.165) is 37.6 Å². The van der Waals surface area contributed by atoms with Gasteiger partial charge in [-0.05, 0) is 35.4 Å². The van der Waals surface area contributed by atoms with Crippen molar-refractivity contribution < 1.29 is 4.79 Å². The van der Waals surface area contributed by atoms with Crippen molar-refractivity contribution in [3.63, 3.8) is 0 Å². The topological polar surface area (TPSA) is 48.5 Å². The summed E-state index contributed by atoms with van der Waals surface area (Å²) >= 11 is 0. The maximum atomic E-state index is 12.6. The molecule has 1 atom stereocenters. The van der Waals surface area contributed by atoms with E-state index in [-0.39, 0.29) is 11.9 Å². The predicted octanol–water partition coefficient (Wildman–Crippen LogP) is 3.23. The number of anilines is 1. The normalized spacial score (nSPS) is 16.1. The summed E-state index contributed by atoms with van der Waals surface area (Å²) in [5.41, 5.74) is 1.16. The highest BCUT2D eigenvalue weighted by atomic mass is 16.2. The number of hydrogen-bond acceptors (Lipinski definition) is 4. The minimum Gasteiger partial charge on any atom is -0.354 e. The Morgan fingerprint density at radius 3 is 2.54 bits per heavy atom. The molecule has 1 saturated heterocycles. The molecule has 1 amide bonds. The SMILES string of the molecule is CC(NC(=O)CN1CCN(c2ccccn2)CC1)c1cccc2ccccc12. The van der Waals surface area contributed by atoms with Gasteiger partial charge in [0, 0.05) is 32.4 Å². The van der Waals surface area contributed by atoms with E-state index >= 15 is 0 Å². The zero-order chi connectivity index (χ0) is 19.3. The van der Waals surface area contributed by atoms with Crippen molar-refractivity contribution in [1.29, 1.82) is 0 Å². The smallest absolute Gasteiger partial charge is 0.234 e. The molecule has 0 radical (unpaired) electrons.